The van der Waals surface area contributed by atoms with E-state index in [1.54, 1.807) is 13.1 Å². The normalized spacial score (nSPS) is 11.2. The second-order valence-electron chi connectivity index (χ2n) is 6.48. The molecule has 0 saturated heterocycles. The second-order valence-corrected chi connectivity index (χ2v) is 6.48. The van der Waals surface area contributed by atoms with Gasteiger partial charge in [-0.2, -0.15) is 5.10 Å². The van der Waals surface area contributed by atoms with Gasteiger partial charge in [0.15, 0.2) is 0 Å². The van der Waals surface area contributed by atoms with E-state index in [2.05, 4.69) is 15.5 Å². The fraction of sp³-hybridized carbons (Fsp3) is 0.0476. The summed E-state index contributed by atoms with van der Waals surface area (Å²) < 4.78 is 1.43. The van der Waals surface area contributed by atoms with E-state index in [1.165, 1.54) is 16.8 Å². The number of nitrogens with zero attached hydrogens (tertiary/aromatic N) is 3. The van der Waals surface area contributed by atoms with Crippen LogP contribution in [-0.4, -0.2) is 25.6 Å². The van der Waals surface area contributed by atoms with Crippen LogP contribution in [0.4, 0.5) is 11.4 Å². The van der Waals surface area contributed by atoms with Crippen molar-refractivity contribution in [1.82, 2.24) is 14.8 Å². The maximum absolute atomic E-state index is 12.6. The molecule has 0 aliphatic rings. The number of fused-ring (bicyclic) bond motifs is 1. The molecule has 29 heavy (non-hydrogen) atoms. The number of aryl methyl sites for hydroxylation is 1. The summed E-state index contributed by atoms with van der Waals surface area (Å²) in [7, 11) is 1.59. The van der Waals surface area contributed by atoms with Crippen LogP contribution in [0.15, 0.2) is 60.8 Å². The molecular weight excluding hydrogens is 370 g/mol. The number of aromatic amines is 1. The van der Waals surface area contributed by atoms with Gasteiger partial charge in [0.2, 0.25) is 0 Å². The van der Waals surface area contributed by atoms with E-state index in [0.717, 1.165) is 22.2 Å². The number of anilines is 1. The number of rotatable bonds is 5. The highest BCUT2D eigenvalue weighted by Crippen LogP contribution is 2.22. The zero-order chi connectivity index (χ0) is 20.4. The molecule has 8 heteroatoms. The number of aromatic nitrogens is 3. The number of H-pyrrole nitrogens is 1. The van der Waals surface area contributed by atoms with Crippen molar-refractivity contribution in [3.05, 3.63) is 87.9 Å². The molecule has 144 valence electrons. The Bertz CT molecular complexity index is 1250. The summed E-state index contributed by atoms with van der Waals surface area (Å²) in [6.07, 6.45) is 5.05. The SMILES string of the molecule is Cn1cc([N+](=O)[O-])cc1C(=O)Nc1ccccc1C=Cc1n[nH]c2ccccc12. The Labute approximate surface area is 165 Å². The number of hydrogen-bond acceptors (Lipinski definition) is 4. The average molecular weight is 387 g/mol. The Morgan fingerprint density at radius 1 is 1.17 bits per heavy atom. The summed E-state index contributed by atoms with van der Waals surface area (Å²) in [6, 6.07) is 16.4. The first-order valence-electron chi connectivity index (χ1n) is 8.85. The molecule has 0 aliphatic heterocycles. The standard InChI is InChI=1S/C21H17N5O3/c1-25-13-15(26(28)29)12-20(25)21(27)22-17-8-4-2-6-14(17)10-11-19-16-7-3-5-9-18(16)23-24-19/h2-13H,1H3,(H,22,27)(H,23,24). The van der Waals surface area contributed by atoms with Gasteiger partial charge in [0.1, 0.15) is 5.69 Å². The molecular formula is C21H17N5O3. The minimum atomic E-state index is -0.526. The quantitative estimate of drug-likeness (QED) is 0.395. The maximum Gasteiger partial charge on any atom is 0.287 e. The maximum atomic E-state index is 12.6. The van der Waals surface area contributed by atoms with Gasteiger partial charge in [-0.1, -0.05) is 42.5 Å². The lowest BCUT2D eigenvalue weighted by Gasteiger charge is -2.08. The molecule has 2 N–H and O–H groups in total. The Morgan fingerprint density at radius 3 is 2.72 bits per heavy atom. The first-order valence-corrected chi connectivity index (χ1v) is 8.85. The van der Waals surface area contributed by atoms with Gasteiger partial charge in [-0.3, -0.25) is 20.0 Å². The lowest BCUT2D eigenvalue weighted by Crippen LogP contribution is -2.15. The minimum absolute atomic E-state index is 0.128. The van der Waals surface area contributed by atoms with Gasteiger partial charge < -0.3 is 9.88 Å². The molecule has 0 saturated carbocycles. The molecule has 0 atom stereocenters. The van der Waals surface area contributed by atoms with Crippen LogP contribution in [0, 0.1) is 10.1 Å². The number of carbonyl (C=O) groups excluding carboxylic acids is 1. The van der Waals surface area contributed by atoms with Crippen LogP contribution in [0.2, 0.25) is 0 Å². The van der Waals surface area contributed by atoms with Crippen LogP contribution in [0.3, 0.4) is 0 Å². The lowest BCUT2D eigenvalue weighted by molar-refractivity contribution is -0.384. The van der Waals surface area contributed by atoms with Gasteiger partial charge >= 0.3 is 0 Å². The second kappa shape index (κ2) is 7.43. The van der Waals surface area contributed by atoms with Crippen LogP contribution >= 0.6 is 0 Å². The van der Waals surface area contributed by atoms with E-state index >= 15 is 0 Å². The van der Waals surface area contributed by atoms with E-state index in [0.29, 0.717) is 5.69 Å². The zero-order valence-corrected chi connectivity index (χ0v) is 15.5. The molecule has 4 rings (SSSR count). The van der Waals surface area contributed by atoms with Crippen molar-refractivity contribution in [3.63, 3.8) is 0 Å². The molecule has 0 spiro atoms. The first kappa shape index (κ1) is 18.2. The van der Waals surface area contributed by atoms with Crippen molar-refractivity contribution in [2.24, 2.45) is 7.05 Å². The van der Waals surface area contributed by atoms with E-state index < -0.39 is 10.8 Å². The summed E-state index contributed by atoms with van der Waals surface area (Å²) in [5.41, 5.74) is 3.19. The van der Waals surface area contributed by atoms with Gasteiger partial charge in [0, 0.05) is 24.2 Å². The largest absolute Gasteiger partial charge is 0.340 e. The van der Waals surface area contributed by atoms with Crippen LogP contribution in [-0.2, 0) is 7.05 Å². The summed E-state index contributed by atoms with van der Waals surface area (Å²) in [4.78, 5) is 23.0. The highest BCUT2D eigenvalue weighted by molar-refractivity contribution is 6.05. The zero-order valence-electron chi connectivity index (χ0n) is 15.5. The van der Waals surface area contributed by atoms with Crippen molar-refractivity contribution in [2.75, 3.05) is 5.32 Å². The predicted octanol–water partition coefficient (Wildman–Crippen LogP) is 4.23. The number of nitro groups is 1. The highest BCUT2D eigenvalue weighted by atomic mass is 16.6. The smallest absolute Gasteiger partial charge is 0.287 e. The summed E-state index contributed by atoms with van der Waals surface area (Å²) >= 11 is 0. The fourth-order valence-corrected chi connectivity index (χ4v) is 3.10. The fourth-order valence-electron chi connectivity index (χ4n) is 3.10. The van der Waals surface area contributed by atoms with Crippen molar-refractivity contribution >= 4 is 40.3 Å². The van der Waals surface area contributed by atoms with Gasteiger partial charge in [0.25, 0.3) is 11.6 Å². The monoisotopic (exact) mass is 387 g/mol. The van der Waals surface area contributed by atoms with Gasteiger partial charge in [0.05, 0.1) is 22.3 Å². The summed E-state index contributed by atoms with van der Waals surface area (Å²) in [6.45, 7) is 0. The minimum Gasteiger partial charge on any atom is -0.340 e. The summed E-state index contributed by atoms with van der Waals surface area (Å²) in [5.74, 6) is -0.424. The Kier molecular flexibility index (Phi) is 4.66. The summed E-state index contributed by atoms with van der Waals surface area (Å²) in [5, 5.41) is 22.1. The van der Waals surface area contributed by atoms with Crippen molar-refractivity contribution < 1.29 is 9.72 Å². The molecule has 0 bridgehead atoms. The van der Waals surface area contributed by atoms with Gasteiger partial charge in [-0.05, 0) is 23.8 Å². The van der Waals surface area contributed by atoms with E-state index in [4.69, 9.17) is 0 Å². The average Bonchev–Trinajstić information content (AvgIpc) is 3.31. The third kappa shape index (κ3) is 3.63. The van der Waals surface area contributed by atoms with Crippen LogP contribution in [0.5, 0.6) is 0 Å². The third-order valence-corrected chi connectivity index (χ3v) is 4.56. The number of para-hydroxylation sites is 2. The van der Waals surface area contributed by atoms with Gasteiger partial charge in [-0.15, -0.1) is 0 Å². The van der Waals surface area contributed by atoms with Crippen molar-refractivity contribution in [3.8, 4) is 0 Å². The molecule has 0 aliphatic carbocycles. The third-order valence-electron chi connectivity index (χ3n) is 4.56. The van der Waals surface area contributed by atoms with Gasteiger partial charge in [-0.25, -0.2) is 0 Å². The number of benzene rings is 2. The van der Waals surface area contributed by atoms with Crippen LogP contribution in [0.1, 0.15) is 21.7 Å². The molecule has 0 unspecified atom stereocenters. The van der Waals surface area contributed by atoms with Crippen molar-refractivity contribution in [2.45, 2.75) is 0 Å². The first-order chi connectivity index (χ1) is 14.0. The van der Waals surface area contributed by atoms with Crippen molar-refractivity contribution in [1.29, 1.82) is 0 Å². The van der Waals surface area contributed by atoms with Crippen LogP contribution in [0.25, 0.3) is 23.1 Å². The topological polar surface area (TPSA) is 106 Å². The Morgan fingerprint density at radius 2 is 1.93 bits per heavy atom. The molecule has 8 nitrogen and oxygen atoms in total. The number of nitrogens with one attached hydrogen (secondary N) is 2. The number of amides is 1. The Hall–Kier alpha value is -4.20. The predicted molar refractivity (Wildman–Crippen MR) is 111 cm³/mol. The molecule has 2 heterocycles. The highest BCUT2D eigenvalue weighted by Gasteiger charge is 2.18. The van der Waals surface area contributed by atoms with E-state index in [-0.39, 0.29) is 11.4 Å². The Balaban J connectivity index is 1.60. The molecule has 0 fully saturated rings. The van der Waals surface area contributed by atoms with E-state index in [1.807, 2.05) is 54.6 Å². The number of hydrogen-bond donors (Lipinski definition) is 2. The lowest BCUT2D eigenvalue weighted by atomic mass is 10.1. The molecule has 2 aromatic heterocycles. The van der Waals surface area contributed by atoms with E-state index in [9.17, 15) is 14.9 Å². The van der Waals surface area contributed by atoms with Crippen LogP contribution < -0.4 is 5.32 Å². The molecule has 4 aromatic rings. The number of carbonyl (C=O) groups is 1. The molecule has 2 aromatic carbocycles. The molecule has 0 radical (unpaired) electrons. The molecule has 1 amide bonds.